The highest BCUT2D eigenvalue weighted by molar-refractivity contribution is 14.1. The summed E-state index contributed by atoms with van der Waals surface area (Å²) in [5.74, 6) is -0.201. The van der Waals surface area contributed by atoms with E-state index in [0.717, 1.165) is 12.1 Å². The summed E-state index contributed by atoms with van der Waals surface area (Å²) in [7, 11) is 0. The van der Waals surface area contributed by atoms with Crippen LogP contribution >= 0.6 is 22.6 Å². The quantitative estimate of drug-likeness (QED) is 0.0984. The van der Waals surface area contributed by atoms with Gasteiger partial charge in [-0.1, -0.05) is 6.07 Å². The van der Waals surface area contributed by atoms with Gasteiger partial charge in [0.1, 0.15) is 6.67 Å². The molecule has 0 bridgehead atoms. The number of halogens is 5. The number of anilines is 2. The van der Waals surface area contributed by atoms with E-state index in [2.05, 4.69) is 30.7 Å². The van der Waals surface area contributed by atoms with Crippen molar-refractivity contribution in [1.82, 2.24) is 20.2 Å². The Hall–Kier alpha value is -2.78. The number of aliphatic hydroxyl groups is 1. The van der Waals surface area contributed by atoms with Gasteiger partial charge < -0.3 is 15.3 Å². The molecule has 1 saturated heterocycles. The lowest BCUT2D eigenvalue weighted by molar-refractivity contribution is -0.137. The monoisotopic (exact) mass is 619 g/mol. The van der Waals surface area contributed by atoms with E-state index in [1.807, 2.05) is 27.5 Å². The van der Waals surface area contributed by atoms with Crippen molar-refractivity contribution in [2.45, 2.75) is 6.18 Å². The molecule has 1 aliphatic heterocycles. The molecule has 13 heteroatoms. The van der Waals surface area contributed by atoms with Crippen molar-refractivity contribution in [2.75, 3.05) is 51.3 Å². The zero-order valence-corrected chi connectivity index (χ0v) is 21.4. The second-order valence-electron chi connectivity index (χ2n) is 7.74. The van der Waals surface area contributed by atoms with Crippen molar-refractivity contribution < 1.29 is 22.7 Å². The Labute approximate surface area is 219 Å². The first kappa shape index (κ1) is 27.8. The first-order valence-electron chi connectivity index (χ1n) is 11.1. The van der Waals surface area contributed by atoms with Crippen molar-refractivity contribution in [3.63, 3.8) is 0 Å². The molecule has 2 heterocycles. The van der Waals surface area contributed by atoms with Crippen LogP contribution in [0, 0.1) is 0 Å². The molecule has 2 aromatic rings. The summed E-state index contributed by atoms with van der Waals surface area (Å²) < 4.78 is 54.5. The Bertz CT molecular complexity index is 1090. The van der Waals surface area contributed by atoms with E-state index < -0.39 is 17.6 Å². The minimum Gasteiger partial charge on any atom is -0.395 e. The fraction of sp³-hybridized carbons (Fsp3) is 0.348. The van der Waals surface area contributed by atoms with Crippen LogP contribution in [-0.2, 0) is 6.18 Å². The third-order valence-electron chi connectivity index (χ3n) is 5.24. The van der Waals surface area contributed by atoms with Gasteiger partial charge in [0.05, 0.1) is 24.1 Å². The maximum Gasteiger partial charge on any atom is 0.416 e. The van der Waals surface area contributed by atoms with E-state index in [1.165, 1.54) is 28.6 Å². The molecule has 0 atom stereocenters. The average molecular weight is 619 g/mol. The number of aromatic nitrogens is 1. The largest absolute Gasteiger partial charge is 0.416 e. The minimum absolute atomic E-state index is 0.0305. The molecule has 36 heavy (non-hydrogen) atoms. The summed E-state index contributed by atoms with van der Waals surface area (Å²) in [5.41, 5.74) is 3.29. The number of hydrazone groups is 1. The van der Waals surface area contributed by atoms with Crippen molar-refractivity contribution >= 4 is 46.0 Å². The minimum atomic E-state index is -4.43. The molecular weight excluding hydrogens is 593 g/mol. The number of rotatable bonds is 9. The molecule has 194 valence electrons. The summed E-state index contributed by atoms with van der Waals surface area (Å²) >= 11 is 1.83. The molecule has 3 rings (SSSR count). The summed E-state index contributed by atoms with van der Waals surface area (Å²) in [6, 6.07) is 8.16. The molecule has 0 aliphatic carbocycles. The highest BCUT2D eigenvalue weighted by Gasteiger charge is 2.30. The van der Waals surface area contributed by atoms with Gasteiger partial charge in [0.25, 0.3) is 0 Å². The van der Waals surface area contributed by atoms with Crippen LogP contribution in [0.5, 0.6) is 0 Å². The predicted molar refractivity (Wildman–Crippen MR) is 140 cm³/mol. The molecular formula is C23H26F4IN7O. The molecule has 0 saturated carbocycles. The first-order valence-corrected chi connectivity index (χ1v) is 12.3. The summed E-state index contributed by atoms with van der Waals surface area (Å²) in [6.45, 7) is 3.30. The van der Waals surface area contributed by atoms with Crippen LogP contribution in [0.2, 0.25) is 0 Å². The number of amidine groups is 1. The van der Waals surface area contributed by atoms with E-state index in [-0.39, 0.29) is 19.1 Å². The fourth-order valence-electron chi connectivity index (χ4n) is 3.50. The number of β-amino-alcohol motifs (C(OH)–C–C–N with tert-alkyl or cyclic N) is 1. The van der Waals surface area contributed by atoms with Gasteiger partial charge in [-0.05, 0) is 52.9 Å². The summed E-state index contributed by atoms with van der Waals surface area (Å²) in [4.78, 5) is 12.4. The number of aliphatic hydroxyl groups excluding tert-OH is 1. The molecule has 8 nitrogen and oxygen atoms in total. The molecule has 0 unspecified atom stereocenters. The maximum absolute atomic E-state index is 14.4. The second kappa shape index (κ2) is 13.5. The smallest absolute Gasteiger partial charge is 0.395 e. The third kappa shape index (κ3) is 8.41. The molecule has 1 aromatic carbocycles. The number of hydrogen-bond donors (Lipinski definition) is 3. The third-order valence-corrected chi connectivity index (χ3v) is 5.79. The lowest BCUT2D eigenvalue weighted by atomic mass is 10.2. The van der Waals surface area contributed by atoms with Crippen LogP contribution < -0.4 is 10.7 Å². The molecule has 1 fully saturated rings. The molecule has 0 radical (unpaired) electrons. The molecule has 0 amide bonds. The van der Waals surface area contributed by atoms with Gasteiger partial charge in [-0.2, -0.15) is 18.3 Å². The number of nitrogens with one attached hydrogen (secondary N) is 2. The summed E-state index contributed by atoms with van der Waals surface area (Å²) in [6.07, 6.45) is -1.49. The van der Waals surface area contributed by atoms with E-state index in [1.54, 1.807) is 12.1 Å². The number of alkyl halides is 3. The number of hydrogen-bond acceptors (Lipinski definition) is 7. The van der Waals surface area contributed by atoms with Crippen LogP contribution in [0.1, 0.15) is 11.3 Å². The lowest BCUT2D eigenvalue weighted by Crippen LogP contribution is -2.49. The Balaban J connectivity index is 1.57. The first-order chi connectivity index (χ1) is 17.3. The zero-order chi connectivity index (χ0) is 26.0. The van der Waals surface area contributed by atoms with Gasteiger partial charge in [0, 0.05) is 54.4 Å². The van der Waals surface area contributed by atoms with E-state index >= 15 is 0 Å². The van der Waals surface area contributed by atoms with E-state index in [9.17, 15) is 17.6 Å². The Morgan fingerprint density at radius 2 is 1.89 bits per heavy atom. The van der Waals surface area contributed by atoms with Crippen LogP contribution in [0.4, 0.5) is 28.9 Å². The second-order valence-corrected chi connectivity index (χ2v) is 8.36. The molecule has 1 aromatic heterocycles. The predicted octanol–water partition coefficient (Wildman–Crippen LogP) is 3.98. The van der Waals surface area contributed by atoms with Crippen LogP contribution in [0.25, 0.3) is 0 Å². The van der Waals surface area contributed by atoms with Crippen molar-refractivity contribution in [1.29, 1.82) is 0 Å². The Morgan fingerprint density at radius 1 is 1.14 bits per heavy atom. The number of aliphatic imine (C=N–C) groups is 1. The fourth-order valence-corrected chi connectivity index (χ4v) is 3.78. The van der Waals surface area contributed by atoms with E-state index in [0.29, 0.717) is 49.8 Å². The van der Waals surface area contributed by atoms with Gasteiger partial charge in [-0.25, -0.2) is 9.38 Å². The van der Waals surface area contributed by atoms with Gasteiger partial charge in [0.2, 0.25) is 0 Å². The number of nitrogens with zero attached hydrogens (tertiary/aromatic N) is 5. The van der Waals surface area contributed by atoms with Crippen molar-refractivity contribution in [3.05, 3.63) is 63.8 Å². The van der Waals surface area contributed by atoms with Crippen LogP contribution in [0.3, 0.4) is 0 Å². The number of benzene rings is 1. The molecule has 3 N–H and O–H groups in total. The van der Waals surface area contributed by atoms with Crippen LogP contribution in [-0.4, -0.2) is 77.9 Å². The Morgan fingerprint density at radius 3 is 2.58 bits per heavy atom. The maximum atomic E-state index is 14.4. The van der Waals surface area contributed by atoms with Gasteiger partial charge in [-0.15, -0.1) is 0 Å². The SMILES string of the molecule is OCCN1CCN(C(=NCN/N=C/c2cc(Nc3cccc(C(F)(F)F)c3)ccn2)/C(F)=C\I)CC1. The van der Waals surface area contributed by atoms with Gasteiger partial charge in [0.15, 0.2) is 11.7 Å². The highest BCUT2D eigenvalue weighted by Crippen LogP contribution is 2.31. The number of piperazine rings is 1. The normalized spacial score (nSPS) is 16.0. The highest BCUT2D eigenvalue weighted by atomic mass is 127. The van der Waals surface area contributed by atoms with Crippen LogP contribution in [0.15, 0.2) is 62.6 Å². The number of pyridine rings is 1. The van der Waals surface area contributed by atoms with Crippen molar-refractivity contribution in [3.8, 4) is 0 Å². The molecule has 0 spiro atoms. The molecule has 1 aliphatic rings. The average Bonchev–Trinajstić information content (AvgIpc) is 2.86. The lowest BCUT2D eigenvalue weighted by Gasteiger charge is -2.35. The Kier molecular flexibility index (Phi) is 10.4. The van der Waals surface area contributed by atoms with Crippen molar-refractivity contribution in [2.24, 2.45) is 10.1 Å². The topological polar surface area (TPSA) is 88.4 Å². The van der Waals surface area contributed by atoms with Gasteiger partial charge >= 0.3 is 6.18 Å². The van der Waals surface area contributed by atoms with Gasteiger partial charge in [-0.3, -0.25) is 15.3 Å². The zero-order valence-electron chi connectivity index (χ0n) is 19.2. The van der Waals surface area contributed by atoms with E-state index in [4.69, 9.17) is 5.11 Å². The summed E-state index contributed by atoms with van der Waals surface area (Å²) in [5, 5.41) is 16.1. The standard InChI is InChI=1S/C23H26F4IN7O/c24-21(14-28)22(35-8-6-34(7-9-35)10-11-36)30-16-32-31-15-20-13-19(4-5-29-20)33-18-3-1-2-17(12-18)23(25,26)27/h1-5,12-15,32,36H,6-11,16H2,(H,29,33)/b21-14+,30-22?,31-15+.